The monoisotopic (exact) mass is 650 g/mol. The van der Waals surface area contributed by atoms with Crippen LogP contribution in [0.15, 0.2) is 89.2 Å². The second kappa shape index (κ2) is 15.3. The summed E-state index contributed by atoms with van der Waals surface area (Å²) in [5, 5.41) is 2.81. The van der Waals surface area contributed by atoms with Crippen molar-refractivity contribution in [1.29, 1.82) is 0 Å². The molecule has 1 aromatic heterocycles. The van der Waals surface area contributed by atoms with Gasteiger partial charge in [-0.05, 0) is 58.5 Å². The molecule has 0 unspecified atom stereocenters. The van der Waals surface area contributed by atoms with Crippen LogP contribution >= 0.6 is 0 Å². The van der Waals surface area contributed by atoms with Crippen LogP contribution in [0.1, 0.15) is 37.5 Å². The molecule has 0 aliphatic rings. The lowest BCUT2D eigenvalue weighted by atomic mass is 9.87. The standard InChI is InChI=1S/C32H34N4O9S/c1-32(2,3)24-11-13-27(14-12-24)46(39,40)36-29-28(44-25-9-6-8-23(18-25)20-41-4)30(34-21-33-29)42-15-16-43-31(37)45-26-10-5-7-22(17-26)19-35-38/h5-14,17-18,21H,15-16,19-20H2,1-4H3,(H,33,34,36). The van der Waals surface area contributed by atoms with Gasteiger partial charge in [0.15, 0.2) is 5.82 Å². The number of methoxy groups -OCH3 is 1. The first kappa shape index (κ1) is 33.8. The minimum atomic E-state index is -4.10. The molecule has 0 fully saturated rings. The van der Waals surface area contributed by atoms with E-state index in [1.54, 1.807) is 49.6 Å². The highest BCUT2D eigenvalue weighted by atomic mass is 32.2. The average molecular weight is 651 g/mol. The van der Waals surface area contributed by atoms with E-state index in [2.05, 4.69) is 19.9 Å². The molecule has 3 aromatic carbocycles. The highest BCUT2D eigenvalue weighted by molar-refractivity contribution is 7.92. The Morgan fingerprint density at radius 1 is 0.913 bits per heavy atom. The number of nitrogens with one attached hydrogen (secondary N) is 1. The van der Waals surface area contributed by atoms with Crippen LogP contribution in [0.25, 0.3) is 0 Å². The van der Waals surface area contributed by atoms with E-state index in [0.29, 0.717) is 17.9 Å². The lowest BCUT2D eigenvalue weighted by molar-refractivity contribution is 0.0835. The van der Waals surface area contributed by atoms with Crippen molar-refractivity contribution < 1.29 is 36.9 Å². The maximum Gasteiger partial charge on any atom is 0.513 e. The number of hydrogen-bond donors (Lipinski definition) is 1. The number of carbonyl (C=O) groups excluding carboxylic acids is 1. The molecule has 4 rings (SSSR count). The fourth-order valence-electron chi connectivity index (χ4n) is 4.10. The molecule has 0 saturated carbocycles. The third-order valence-corrected chi connectivity index (χ3v) is 7.71. The molecule has 14 heteroatoms. The molecule has 1 N–H and O–H groups in total. The SMILES string of the molecule is COCc1cccc(Oc2c(NS(=O)(=O)c3ccc(C(C)(C)C)cc3)ncnc2OCCOC(=O)Oc2cccc(CN=O)c2)c1. The number of hydrogen-bond acceptors (Lipinski definition) is 12. The van der Waals surface area contributed by atoms with Crippen LogP contribution in [0.3, 0.4) is 0 Å². The number of benzene rings is 3. The molecule has 0 saturated heterocycles. The molecule has 46 heavy (non-hydrogen) atoms. The number of rotatable bonds is 14. The number of sulfonamides is 1. The Kier molecular flexibility index (Phi) is 11.2. The van der Waals surface area contributed by atoms with Gasteiger partial charge in [-0.15, -0.1) is 0 Å². The molecule has 0 atom stereocenters. The van der Waals surface area contributed by atoms with Gasteiger partial charge < -0.3 is 23.7 Å². The van der Waals surface area contributed by atoms with Gasteiger partial charge in [-0.25, -0.2) is 18.2 Å². The maximum atomic E-state index is 13.4. The fraction of sp³-hybridized carbons (Fsp3) is 0.281. The Balaban J connectivity index is 1.51. The van der Waals surface area contributed by atoms with Crippen molar-refractivity contribution >= 4 is 22.0 Å². The summed E-state index contributed by atoms with van der Waals surface area (Å²) in [6.45, 7) is 5.91. The van der Waals surface area contributed by atoms with Crippen molar-refractivity contribution in [1.82, 2.24) is 9.97 Å². The van der Waals surface area contributed by atoms with E-state index in [4.69, 9.17) is 23.7 Å². The van der Waals surface area contributed by atoms with Crippen molar-refractivity contribution in [3.05, 3.63) is 101 Å². The van der Waals surface area contributed by atoms with Crippen molar-refractivity contribution in [2.24, 2.45) is 5.18 Å². The van der Waals surface area contributed by atoms with Gasteiger partial charge in [0.2, 0.25) is 5.75 Å². The second-order valence-corrected chi connectivity index (χ2v) is 12.6. The van der Waals surface area contributed by atoms with Crippen LogP contribution in [-0.4, -0.2) is 44.9 Å². The summed E-state index contributed by atoms with van der Waals surface area (Å²) in [5.41, 5.74) is 2.19. The first-order valence-electron chi connectivity index (χ1n) is 14.1. The first-order chi connectivity index (χ1) is 22.0. The molecular formula is C32H34N4O9S. The van der Waals surface area contributed by atoms with Gasteiger partial charge in [-0.2, -0.15) is 9.89 Å². The van der Waals surface area contributed by atoms with Gasteiger partial charge >= 0.3 is 6.16 Å². The number of carbonyl (C=O) groups is 1. The molecule has 0 aliphatic carbocycles. The quantitative estimate of drug-likeness (QED) is 0.0697. The van der Waals surface area contributed by atoms with Gasteiger partial charge in [0.05, 0.1) is 11.5 Å². The van der Waals surface area contributed by atoms with E-state index in [9.17, 15) is 18.1 Å². The summed E-state index contributed by atoms with van der Waals surface area (Å²) in [4.78, 5) is 31.0. The van der Waals surface area contributed by atoms with Crippen molar-refractivity contribution in [3.8, 4) is 23.1 Å². The molecule has 242 valence electrons. The van der Waals surface area contributed by atoms with Gasteiger partial charge in [0, 0.05) is 7.11 Å². The smallest absolute Gasteiger partial charge is 0.471 e. The molecule has 0 aliphatic heterocycles. The lowest BCUT2D eigenvalue weighted by Crippen LogP contribution is -2.18. The van der Waals surface area contributed by atoms with E-state index >= 15 is 0 Å². The minimum absolute atomic E-state index is 0.0227. The normalized spacial score (nSPS) is 11.4. The minimum Gasteiger partial charge on any atom is -0.471 e. The number of nitroso groups, excluding NO2 is 1. The van der Waals surface area contributed by atoms with E-state index in [0.717, 1.165) is 17.5 Å². The zero-order chi connectivity index (χ0) is 33.2. The topological polar surface area (TPSA) is 165 Å². The Hall–Kier alpha value is -5.08. The predicted octanol–water partition coefficient (Wildman–Crippen LogP) is 6.37. The molecule has 0 bridgehead atoms. The van der Waals surface area contributed by atoms with E-state index < -0.39 is 16.2 Å². The Bertz CT molecular complexity index is 1760. The van der Waals surface area contributed by atoms with Crippen LogP contribution in [0.4, 0.5) is 10.6 Å². The molecule has 0 radical (unpaired) electrons. The second-order valence-electron chi connectivity index (χ2n) is 10.9. The van der Waals surface area contributed by atoms with Gasteiger partial charge in [-0.1, -0.05) is 62.3 Å². The third kappa shape index (κ3) is 9.46. The summed E-state index contributed by atoms with van der Waals surface area (Å²) in [7, 11) is -2.54. The highest BCUT2D eigenvalue weighted by Crippen LogP contribution is 2.37. The van der Waals surface area contributed by atoms with Crippen LogP contribution < -0.4 is 18.9 Å². The van der Waals surface area contributed by atoms with Gasteiger partial charge in [-0.3, -0.25) is 4.72 Å². The summed E-state index contributed by atoms with van der Waals surface area (Å²) in [6, 6.07) is 19.8. The third-order valence-electron chi connectivity index (χ3n) is 6.35. The zero-order valence-electron chi connectivity index (χ0n) is 25.8. The van der Waals surface area contributed by atoms with Gasteiger partial charge in [0.25, 0.3) is 15.9 Å². The Labute approximate surface area is 266 Å². The van der Waals surface area contributed by atoms with Crippen LogP contribution in [0.5, 0.6) is 23.1 Å². The number of anilines is 1. The highest BCUT2D eigenvalue weighted by Gasteiger charge is 2.23. The molecule has 1 heterocycles. The van der Waals surface area contributed by atoms with Crippen LogP contribution in [0, 0.1) is 4.91 Å². The van der Waals surface area contributed by atoms with Crippen molar-refractivity contribution in [3.63, 3.8) is 0 Å². The molecule has 0 spiro atoms. The molecule has 4 aromatic rings. The van der Waals surface area contributed by atoms with E-state index in [-0.39, 0.29) is 53.3 Å². The molecule has 13 nitrogen and oxygen atoms in total. The van der Waals surface area contributed by atoms with Gasteiger partial charge in [0.1, 0.15) is 37.6 Å². The molecule has 0 amide bonds. The zero-order valence-corrected chi connectivity index (χ0v) is 26.6. The maximum absolute atomic E-state index is 13.4. The van der Waals surface area contributed by atoms with Crippen LogP contribution in [-0.2, 0) is 38.1 Å². The Morgan fingerprint density at radius 2 is 1.61 bits per heavy atom. The number of nitrogens with zero attached hydrogens (tertiary/aromatic N) is 3. The average Bonchev–Trinajstić information content (AvgIpc) is 3.01. The summed E-state index contributed by atoms with van der Waals surface area (Å²) >= 11 is 0. The van der Waals surface area contributed by atoms with Crippen molar-refractivity contribution in [2.45, 2.75) is 44.2 Å². The number of ether oxygens (including phenoxy) is 5. The van der Waals surface area contributed by atoms with E-state index in [1.165, 1.54) is 24.3 Å². The van der Waals surface area contributed by atoms with Crippen molar-refractivity contribution in [2.75, 3.05) is 25.0 Å². The first-order valence-corrected chi connectivity index (χ1v) is 15.6. The predicted molar refractivity (Wildman–Crippen MR) is 169 cm³/mol. The summed E-state index contributed by atoms with van der Waals surface area (Å²) in [5.74, 6) is 0.122. The summed E-state index contributed by atoms with van der Waals surface area (Å²) in [6.07, 6.45) is 0.111. The summed E-state index contributed by atoms with van der Waals surface area (Å²) < 4.78 is 56.5. The number of aromatic nitrogens is 2. The lowest BCUT2D eigenvalue weighted by Gasteiger charge is -2.19. The fourth-order valence-corrected chi connectivity index (χ4v) is 5.11. The van der Waals surface area contributed by atoms with E-state index in [1.807, 2.05) is 26.8 Å². The Morgan fingerprint density at radius 3 is 2.30 bits per heavy atom. The molecular weight excluding hydrogens is 616 g/mol. The van der Waals surface area contributed by atoms with Crippen LogP contribution in [0.2, 0.25) is 0 Å². The largest absolute Gasteiger partial charge is 0.513 e.